The fraction of sp³-hybridized carbons (Fsp3) is 0.385. The summed E-state index contributed by atoms with van der Waals surface area (Å²) in [4.78, 5) is 0. The zero-order chi connectivity index (χ0) is 9.68. The first-order valence-corrected chi connectivity index (χ1v) is 4.90. The van der Waals surface area contributed by atoms with Gasteiger partial charge in [0.1, 0.15) is 0 Å². The number of rotatable bonds is 3. The SMILES string of the molecule is CC=C(C)CCc1ccccc1C. The lowest BCUT2D eigenvalue weighted by Crippen LogP contribution is -1.89. The fourth-order valence-corrected chi connectivity index (χ4v) is 1.37. The Hall–Kier alpha value is -1.04. The Morgan fingerprint density at radius 3 is 2.62 bits per heavy atom. The molecule has 0 atom stereocenters. The standard InChI is InChI=1S/C13H18/c1-4-11(2)9-10-13-8-6-5-7-12(13)3/h4-8H,9-10H2,1-3H3. The molecule has 13 heavy (non-hydrogen) atoms. The Labute approximate surface area is 81.3 Å². The molecule has 1 rings (SSSR count). The van der Waals surface area contributed by atoms with Crippen molar-refractivity contribution >= 4 is 0 Å². The Morgan fingerprint density at radius 2 is 2.00 bits per heavy atom. The number of hydrogen-bond acceptors (Lipinski definition) is 0. The average Bonchev–Trinajstić information content (AvgIpc) is 2.16. The minimum absolute atomic E-state index is 1.17. The van der Waals surface area contributed by atoms with Gasteiger partial charge in [-0.1, -0.05) is 35.9 Å². The van der Waals surface area contributed by atoms with Crippen molar-refractivity contribution in [3.8, 4) is 0 Å². The third-order valence-electron chi connectivity index (χ3n) is 2.54. The zero-order valence-electron chi connectivity index (χ0n) is 8.80. The van der Waals surface area contributed by atoms with Gasteiger partial charge in [-0.3, -0.25) is 0 Å². The summed E-state index contributed by atoms with van der Waals surface area (Å²) >= 11 is 0. The summed E-state index contributed by atoms with van der Waals surface area (Å²) in [6.45, 7) is 6.48. The van der Waals surface area contributed by atoms with Crippen LogP contribution in [0.5, 0.6) is 0 Å². The summed E-state index contributed by atoms with van der Waals surface area (Å²) in [6, 6.07) is 8.62. The normalized spacial score (nSPS) is 11.8. The Bertz CT molecular complexity index is 295. The van der Waals surface area contributed by atoms with Gasteiger partial charge in [0.25, 0.3) is 0 Å². The molecule has 0 radical (unpaired) electrons. The van der Waals surface area contributed by atoms with Crippen LogP contribution in [0.25, 0.3) is 0 Å². The minimum Gasteiger partial charge on any atom is -0.0887 e. The van der Waals surface area contributed by atoms with Gasteiger partial charge in [-0.25, -0.2) is 0 Å². The van der Waals surface area contributed by atoms with Crippen molar-refractivity contribution in [2.75, 3.05) is 0 Å². The van der Waals surface area contributed by atoms with Gasteiger partial charge in [-0.2, -0.15) is 0 Å². The van der Waals surface area contributed by atoms with Crippen LogP contribution in [0.2, 0.25) is 0 Å². The van der Waals surface area contributed by atoms with Gasteiger partial charge >= 0.3 is 0 Å². The van der Waals surface area contributed by atoms with Crippen molar-refractivity contribution in [1.29, 1.82) is 0 Å². The monoisotopic (exact) mass is 174 g/mol. The van der Waals surface area contributed by atoms with E-state index in [-0.39, 0.29) is 0 Å². The van der Waals surface area contributed by atoms with Crippen molar-refractivity contribution in [1.82, 2.24) is 0 Å². The third kappa shape index (κ3) is 3.06. The van der Waals surface area contributed by atoms with Crippen LogP contribution >= 0.6 is 0 Å². The number of allylic oxidation sites excluding steroid dienone is 2. The van der Waals surface area contributed by atoms with Gasteiger partial charge in [0.05, 0.1) is 0 Å². The Balaban J connectivity index is 2.60. The van der Waals surface area contributed by atoms with E-state index in [1.54, 1.807) is 0 Å². The second-order valence-electron chi connectivity index (χ2n) is 3.56. The van der Waals surface area contributed by atoms with E-state index in [1.165, 1.54) is 29.5 Å². The number of benzene rings is 1. The Kier molecular flexibility index (Phi) is 3.75. The minimum atomic E-state index is 1.17. The summed E-state index contributed by atoms with van der Waals surface area (Å²) in [5.41, 5.74) is 4.36. The molecule has 1 aromatic rings. The first kappa shape index (κ1) is 10.0. The van der Waals surface area contributed by atoms with Crippen molar-refractivity contribution in [3.05, 3.63) is 47.0 Å². The van der Waals surface area contributed by atoms with Crippen molar-refractivity contribution in [2.45, 2.75) is 33.6 Å². The highest BCUT2D eigenvalue weighted by atomic mass is 14.0. The molecule has 0 nitrogen and oxygen atoms in total. The van der Waals surface area contributed by atoms with Crippen LogP contribution in [-0.2, 0) is 6.42 Å². The topological polar surface area (TPSA) is 0 Å². The van der Waals surface area contributed by atoms with Crippen molar-refractivity contribution < 1.29 is 0 Å². The van der Waals surface area contributed by atoms with Gasteiger partial charge in [0.2, 0.25) is 0 Å². The molecule has 0 N–H and O–H groups in total. The zero-order valence-corrected chi connectivity index (χ0v) is 8.80. The lowest BCUT2D eigenvalue weighted by atomic mass is 10.0. The van der Waals surface area contributed by atoms with Gasteiger partial charge < -0.3 is 0 Å². The first-order chi connectivity index (χ1) is 6.24. The summed E-state index contributed by atoms with van der Waals surface area (Å²) < 4.78 is 0. The van der Waals surface area contributed by atoms with E-state index >= 15 is 0 Å². The molecule has 0 amide bonds. The van der Waals surface area contributed by atoms with E-state index in [2.05, 4.69) is 51.1 Å². The van der Waals surface area contributed by atoms with Gasteiger partial charge in [-0.15, -0.1) is 0 Å². The van der Waals surface area contributed by atoms with Gasteiger partial charge in [-0.05, 0) is 44.7 Å². The summed E-state index contributed by atoms with van der Waals surface area (Å²) in [5.74, 6) is 0. The van der Waals surface area contributed by atoms with Crippen LogP contribution in [0, 0.1) is 6.92 Å². The molecule has 70 valence electrons. The van der Waals surface area contributed by atoms with E-state index in [4.69, 9.17) is 0 Å². The maximum Gasteiger partial charge on any atom is -0.0239 e. The maximum absolute atomic E-state index is 2.22. The summed E-state index contributed by atoms with van der Waals surface area (Å²) in [6.07, 6.45) is 4.54. The van der Waals surface area contributed by atoms with Crippen LogP contribution < -0.4 is 0 Å². The molecular formula is C13H18. The number of hydrogen-bond donors (Lipinski definition) is 0. The lowest BCUT2D eigenvalue weighted by Gasteiger charge is -2.04. The molecular weight excluding hydrogens is 156 g/mol. The van der Waals surface area contributed by atoms with E-state index in [0.29, 0.717) is 0 Å². The van der Waals surface area contributed by atoms with Crippen LogP contribution in [0.3, 0.4) is 0 Å². The molecule has 1 aromatic carbocycles. The largest absolute Gasteiger partial charge is 0.0887 e. The molecule has 0 aliphatic heterocycles. The molecule has 0 aromatic heterocycles. The third-order valence-corrected chi connectivity index (χ3v) is 2.54. The highest BCUT2D eigenvalue weighted by molar-refractivity contribution is 5.26. The molecule has 0 aliphatic carbocycles. The molecule has 0 heteroatoms. The Morgan fingerprint density at radius 1 is 1.31 bits per heavy atom. The van der Waals surface area contributed by atoms with E-state index < -0.39 is 0 Å². The molecule has 0 unspecified atom stereocenters. The molecule has 0 bridgehead atoms. The second kappa shape index (κ2) is 4.86. The molecule has 0 fully saturated rings. The van der Waals surface area contributed by atoms with E-state index in [9.17, 15) is 0 Å². The maximum atomic E-state index is 2.22. The number of aryl methyl sites for hydroxylation is 2. The highest BCUT2D eigenvalue weighted by Crippen LogP contribution is 2.12. The smallest absolute Gasteiger partial charge is 0.0239 e. The fourth-order valence-electron chi connectivity index (χ4n) is 1.37. The van der Waals surface area contributed by atoms with Crippen LogP contribution in [0.1, 0.15) is 31.4 Å². The first-order valence-electron chi connectivity index (χ1n) is 4.90. The molecule has 0 saturated carbocycles. The van der Waals surface area contributed by atoms with Crippen molar-refractivity contribution in [2.24, 2.45) is 0 Å². The predicted octanol–water partition coefficient (Wildman–Crippen LogP) is 3.89. The van der Waals surface area contributed by atoms with Gasteiger partial charge in [0, 0.05) is 0 Å². The second-order valence-corrected chi connectivity index (χ2v) is 3.56. The van der Waals surface area contributed by atoms with Crippen molar-refractivity contribution in [3.63, 3.8) is 0 Å². The predicted molar refractivity (Wildman–Crippen MR) is 58.9 cm³/mol. The van der Waals surface area contributed by atoms with Crippen LogP contribution in [0.15, 0.2) is 35.9 Å². The van der Waals surface area contributed by atoms with Crippen LogP contribution in [0.4, 0.5) is 0 Å². The molecule has 0 spiro atoms. The van der Waals surface area contributed by atoms with E-state index in [0.717, 1.165) is 0 Å². The lowest BCUT2D eigenvalue weighted by molar-refractivity contribution is 0.929. The van der Waals surface area contributed by atoms with E-state index in [1.807, 2.05) is 0 Å². The van der Waals surface area contributed by atoms with Crippen LogP contribution in [-0.4, -0.2) is 0 Å². The summed E-state index contributed by atoms with van der Waals surface area (Å²) in [5, 5.41) is 0. The molecule has 0 saturated heterocycles. The molecule has 0 aliphatic rings. The highest BCUT2D eigenvalue weighted by Gasteiger charge is 1.96. The molecule has 0 heterocycles. The quantitative estimate of drug-likeness (QED) is 0.610. The average molecular weight is 174 g/mol. The van der Waals surface area contributed by atoms with Gasteiger partial charge in [0.15, 0.2) is 0 Å². The summed E-state index contributed by atoms with van der Waals surface area (Å²) in [7, 11) is 0.